The van der Waals surface area contributed by atoms with Crippen LogP contribution in [0, 0.1) is 0 Å². The van der Waals surface area contributed by atoms with Crippen LogP contribution in [-0.4, -0.2) is 26.0 Å². The molecule has 2 aromatic rings. The van der Waals surface area contributed by atoms with E-state index in [1.54, 1.807) is 7.11 Å². The van der Waals surface area contributed by atoms with Gasteiger partial charge in [-0.2, -0.15) is 0 Å². The molecule has 2 aromatic carbocycles. The number of rotatable bonds is 5. The lowest BCUT2D eigenvalue weighted by Gasteiger charge is -2.21. The van der Waals surface area contributed by atoms with Gasteiger partial charge in [-0.25, -0.2) is 0 Å². The largest absolute Gasteiger partial charge is 0.493 e. The molecule has 0 aliphatic carbocycles. The van der Waals surface area contributed by atoms with E-state index in [4.69, 9.17) is 9.47 Å². The van der Waals surface area contributed by atoms with Crippen molar-refractivity contribution < 1.29 is 9.47 Å². The van der Waals surface area contributed by atoms with E-state index in [9.17, 15) is 0 Å². The summed E-state index contributed by atoms with van der Waals surface area (Å²) in [6.45, 7) is 1.64. The minimum atomic E-state index is -0.245. The van der Waals surface area contributed by atoms with Crippen LogP contribution in [0.2, 0.25) is 0 Å². The second-order valence-electron chi connectivity index (χ2n) is 4.75. The molecule has 1 unspecified atom stereocenters. The molecule has 0 radical (unpaired) electrons. The Hall–Kier alpha value is -2.49. The molecular weight excluding hydrogens is 264 g/mol. The molecule has 0 saturated carbocycles. The van der Waals surface area contributed by atoms with E-state index in [2.05, 4.69) is 10.3 Å². The summed E-state index contributed by atoms with van der Waals surface area (Å²) >= 11 is 0. The van der Waals surface area contributed by atoms with Gasteiger partial charge in [-0.3, -0.25) is 4.99 Å². The lowest BCUT2D eigenvalue weighted by Crippen LogP contribution is -2.29. The third-order valence-electron chi connectivity index (χ3n) is 3.36. The average molecular weight is 282 g/mol. The first-order valence-electron chi connectivity index (χ1n) is 7.01. The van der Waals surface area contributed by atoms with Gasteiger partial charge in [0.25, 0.3) is 0 Å². The zero-order chi connectivity index (χ0) is 14.5. The number of benzene rings is 2. The first kappa shape index (κ1) is 13.5. The fourth-order valence-electron chi connectivity index (χ4n) is 2.34. The molecule has 1 aliphatic heterocycles. The van der Waals surface area contributed by atoms with Crippen LogP contribution in [0.4, 0.5) is 0 Å². The number of ether oxygens (including phenoxy) is 2. The van der Waals surface area contributed by atoms with Gasteiger partial charge in [0, 0.05) is 6.54 Å². The van der Waals surface area contributed by atoms with Crippen molar-refractivity contribution in [1.29, 1.82) is 0 Å². The van der Waals surface area contributed by atoms with E-state index in [1.807, 2.05) is 54.6 Å². The predicted octanol–water partition coefficient (Wildman–Crippen LogP) is 2.82. The number of hydrogen-bond donors (Lipinski definition) is 1. The molecule has 1 aliphatic rings. The van der Waals surface area contributed by atoms with Crippen molar-refractivity contribution in [3.63, 3.8) is 0 Å². The Morgan fingerprint density at radius 2 is 1.71 bits per heavy atom. The number of hydrogen-bond acceptors (Lipinski definition) is 4. The number of aliphatic imine (C=N–C) groups is 1. The van der Waals surface area contributed by atoms with Crippen molar-refractivity contribution in [2.24, 2.45) is 4.99 Å². The van der Waals surface area contributed by atoms with Gasteiger partial charge in [-0.05, 0) is 17.7 Å². The molecule has 21 heavy (non-hydrogen) atoms. The average Bonchev–Trinajstić information content (AvgIpc) is 3.08. The van der Waals surface area contributed by atoms with Gasteiger partial charge in [0.15, 0.2) is 17.6 Å². The molecule has 3 rings (SSSR count). The van der Waals surface area contributed by atoms with Crippen LogP contribution in [-0.2, 0) is 0 Å². The smallest absolute Gasteiger partial charge is 0.180 e. The molecule has 1 N–H and O–H groups in total. The summed E-state index contributed by atoms with van der Waals surface area (Å²) in [6, 6.07) is 17.7. The molecule has 1 atom stereocenters. The Morgan fingerprint density at radius 3 is 2.38 bits per heavy atom. The summed E-state index contributed by atoms with van der Waals surface area (Å²) in [4.78, 5) is 4.50. The first-order valence-corrected chi connectivity index (χ1v) is 7.01. The summed E-state index contributed by atoms with van der Waals surface area (Å²) in [5.41, 5.74) is 1.07. The highest BCUT2D eigenvalue weighted by atomic mass is 16.5. The summed E-state index contributed by atoms with van der Waals surface area (Å²) in [6.07, 6.45) is -0.245. The summed E-state index contributed by atoms with van der Waals surface area (Å²) in [5.74, 6) is 2.30. The molecule has 0 saturated heterocycles. The van der Waals surface area contributed by atoms with Crippen molar-refractivity contribution in [1.82, 2.24) is 5.32 Å². The molecule has 1 heterocycles. The molecule has 0 aromatic heterocycles. The van der Waals surface area contributed by atoms with Gasteiger partial charge < -0.3 is 14.8 Å². The molecule has 0 bridgehead atoms. The molecule has 0 spiro atoms. The Balaban J connectivity index is 1.93. The second-order valence-corrected chi connectivity index (χ2v) is 4.75. The van der Waals surface area contributed by atoms with Crippen molar-refractivity contribution in [2.75, 3.05) is 20.2 Å². The Kier molecular flexibility index (Phi) is 4.05. The molecule has 0 amide bonds. The van der Waals surface area contributed by atoms with Crippen LogP contribution in [0.5, 0.6) is 11.5 Å². The highest BCUT2D eigenvalue weighted by Crippen LogP contribution is 2.31. The molecule has 108 valence electrons. The van der Waals surface area contributed by atoms with Crippen LogP contribution < -0.4 is 14.8 Å². The van der Waals surface area contributed by atoms with Crippen molar-refractivity contribution in [3.05, 3.63) is 60.2 Å². The highest BCUT2D eigenvalue weighted by Gasteiger charge is 2.23. The number of para-hydroxylation sites is 2. The van der Waals surface area contributed by atoms with E-state index in [-0.39, 0.29) is 6.10 Å². The minimum Gasteiger partial charge on any atom is -0.493 e. The van der Waals surface area contributed by atoms with Gasteiger partial charge in [-0.1, -0.05) is 42.5 Å². The molecule has 4 nitrogen and oxygen atoms in total. The topological polar surface area (TPSA) is 42.9 Å². The predicted molar refractivity (Wildman–Crippen MR) is 83.1 cm³/mol. The summed E-state index contributed by atoms with van der Waals surface area (Å²) in [5, 5.41) is 3.30. The lowest BCUT2D eigenvalue weighted by molar-refractivity contribution is 0.254. The maximum Gasteiger partial charge on any atom is 0.180 e. The van der Waals surface area contributed by atoms with Crippen LogP contribution in [0.1, 0.15) is 11.7 Å². The number of methoxy groups -OCH3 is 1. The van der Waals surface area contributed by atoms with E-state index in [1.165, 1.54) is 0 Å². The van der Waals surface area contributed by atoms with Gasteiger partial charge in [-0.15, -0.1) is 0 Å². The highest BCUT2D eigenvalue weighted by molar-refractivity contribution is 5.89. The fourth-order valence-corrected chi connectivity index (χ4v) is 2.34. The van der Waals surface area contributed by atoms with Gasteiger partial charge in [0.2, 0.25) is 0 Å². The van der Waals surface area contributed by atoms with Gasteiger partial charge in [0.05, 0.1) is 13.7 Å². The monoisotopic (exact) mass is 282 g/mol. The van der Waals surface area contributed by atoms with Crippen LogP contribution in [0.25, 0.3) is 0 Å². The van der Waals surface area contributed by atoms with E-state index in [0.717, 1.165) is 30.2 Å². The SMILES string of the molecule is COc1ccccc1OC(C1=NCCN1)c1ccccc1. The summed E-state index contributed by atoms with van der Waals surface area (Å²) < 4.78 is 11.5. The Bertz CT molecular complexity index is 626. The zero-order valence-electron chi connectivity index (χ0n) is 12.0. The third kappa shape index (κ3) is 2.99. The van der Waals surface area contributed by atoms with Gasteiger partial charge in [0.1, 0.15) is 5.84 Å². The Morgan fingerprint density at radius 1 is 1.00 bits per heavy atom. The van der Waals surface area contributed by atoms with Crippen molar-refractivity contribution in [3.8, 4) is 11.5 Å². The fraction of sp³-hybridized carbons (Fsp3) is 0.235. The minimum absolute atomic E-state index is 0.245. The zero-order valence-corrected chi connectivity index (χ0v) is 12.0. The van der Waals surface area contributed by atoms with Crippen LogP contribution in [0.15, 0.2) is 59.6 Å². The van der Waals surface area contributed by atoms with E-state index in [0.29, 0.717) is 5.75 Å². The van der Waals surface area contributed by atoms with Crippen LogP contribution in [0.3, 0.4) is 0 Å². The van der Waals surface area contributed by atoms with Crippen molar-refractivity contribution in [2.45, 2.75) is 6.10 Å². The summed E-state index contributed by atoms with van der Waals surface area (Å²) in [7, 11) is 1.64. The lowest BCUT2D eigenvalue weighted by atomic mass is 10.1. The Labute approximate surface area is 124 Å². The number of nitrogens with one attached hydrogen (secondary N) is 1. The third-order valence-corrected chi connectivity index (χ3v) is 3.36. The maximum atomic E-state index is 6.19. The van der Waals surface area contributed by atoms with E-state index < -0.39 is 0 Å². The number of amidine groups is 1. The molecule has 4 heteroatoms. The quantitative estimate of drug-likeness (QED) is 0.917. The standard InChI is InChI=1S/C17H18N2O2/c1-20-14-9-5-6-10-15(14)21-16(17-18-11-12-19-17)13-7-3-2-4-8-13/h2-10,16H,11-12H2,1H3,(H,18,19). The number of nitrogens with zero attached hydrogens (tertiary/aromatic N) is 1. The second kappa shape index (κ2) is 6.31. The van der Waals surface area contributed by atoms with Crippen molar-refractivity contribution >= 4 is 5.84 Å². The maximum absolute atomic E-state index is 6.19. The van der Waals surface area contributed by atoms with Crippen LogP contribution >= 0.6 is 0 Å². The van der Waals surface area contributed by atoms with Gasteiger partial charge >= 0.3 is 0 Å². The normalized spacial score (nSPS) is 15.0. The molecule has 0 fully saturated rings. The first-order chi connectivity index (χ1) is 10.4. The van der Waals surface area contributed by atoms with E-state index >= 15 is 0 Å². The molecular formula is C17H18N2O2.